The van der Waals surface area contributed by atoms with Crippen LogP contribution in [-0.2, 0) is 0 Å². The maximum absolute atomic E-state index is 2.95. The molecule has 144 valence electrons. The van der Waals surface area contributed by atoms with Gasteiger partial charge in [0.15, 0.2) is 0 Å². The Balaban J connectivity index is 1.53. The highest BCUT2D eigenvalue weighted by Gasteiger charge is 2.53. The van der Waals surface area contributed by atoms with Gasteiger partial charge in [0.05, 0.1) is 8.07 Å². The fraction of sp³-hybridized carbons (Fsp3) is 0.840. The monoisotopic (exact) mass is 368 g/mol. The average molecular weight is 369 g/mol. The molecular formula is C25H40Si. The lowest BCUT2D eigenvalue weighted by Gasteiger charge is -2.49. The topological polar surface area (TPSA) is 0 Å². The quantitative estimate of drug-likeness (QED) is 0.346. The van der Waals surface area contributed by atoms with Crippen LogP contribution < -0.4 is 0 Å². The Morgan fingerprint density at radius 2 is 1.04 bits per heavy atom. The van der Waals surface area contributed by atoms with Gasteiger partial charge in [0.1, 0.15) is 0 Å². The first-order valence-electron chi connectivity index (χ1n) is 12.2. The molecule has 2 atom stereocenters. The van der Waals surface area contributed by atoms with Crippen molar-refractivity contribution in [2.75, 3.05) is 0 Å². The number of rotatable bonds is 3. The summed E-state index contributed by atoms with van der Waals surface area (Å²) < 4.78 is 0. The molecule has 1 fully saturated rings. The summed E-state index contributed by atoms with van der Waals surface area (Å²) in [4.78, 5) is 0. The van der Waals surface area contributed by atoms with Crippen molar-refractivity contribution in [3.05, 3.63) is 22.3 Å². The van der Waals surface area contributed by atoms with E-state index >= 15 is 0 Å². The van der Waals surface area contributed by atoms with E-state index in [9.17, 15) is 0 Å². The zero-order valence-electron chi connectivity index (χ0n) is 17.3. The van der Waals surface area contributed by atoms with Gasteiger partial charge in [-0.15, -0.1) is 0 Å². The molecule has 1 heteroatoms. The van der Waals surface area contributed by atoms with Gasteiger partial charge < -0.3 is 0 Å². The van der Waals surface area contributed by atoms with Crippen LogP contribution in [0.1, 0.15) is 109 Å². The molecule has 0 radical (unpaired) electrons. The minimum Gasteiger partial charge on any atom is -0.0710 e. The highest BCUT2D eigenvalue weighted by atomic mass is 28.3. The second-order valence-electron chi connectivity index (χ2n) is 10.6. The summed E-state index contributed by atoms with van der Waals surface area (Å²) in [5, 5.41) is 0. The van der Waals surface area contributed by atoms with Crippen LogP contribution in [0.4, 0.5) is 0 Å². The van der Waals surface area contributed by atoms with E-state index in [-0.39, 0.29) is 0 Å². The third kappa shape index (κ3) is 2.83. The Morgan fingerprint density at radius 3 is 1.58 bits per heavy atom. The molecule has 0 nitrogen and oxygen atoms in total. The molecular weight excluding hydrogens is 328 g/mol. The van der Waals surface area contributed by atoms with E-state index in [2.05, 4.69) is 17.7 Å². The molecule has 5 aliphatic rings. The first-order valence-corrected chi connectivity index (χ1v) is 14.9. The minimum absolute atomic E-state index is 1.08. The van der Waals surface area contributed by atoms with Gasteiger partial charge in [0.25, 0.3) is 0 Å². The van der Waals surface area contributed by atoms with Gasteiger partial charge in [-0.05, 0) is 93.7 Å². The summed E-state index contributed by atoms with van der Waals surface area (Å²) in [6, 6.07) is 0. The largest absolute Gasteiger partial charge is 0.0710 e. The number of hydrogen-bond acceptors (Lipinski definition) is 0. The Bertz CT molecular complexity index is 562. The predicted octanol–water partition coefficient (Wildman–Crippen LogP) is 8.47. The van der Waals surface area contributed by atoms with Crippen LogP contribution in [0.3, 0.4) is 0 Å². The first kappa shape index (κ1) is 17.8. The fourth-order valence-corrected chi connectivity index (χ4v) is 15.3. The molecule has 0 spiro atoms. The second-order valence-corrected chi connectivity index (χ2v) is 15.5. The number of hydrogen-bond donors (Lipinski definition) is 0. The van der Waals surface area contributed by atoms with Crippen molar-refractivity contribution < 1.29 is 0 Å². The normalized spacial score (nSPS) is 33.6. The lowest BCUT2D eigenvalue weighted by Crippen LogP contribution is -2.47. The van der Waals surface area contributed by atoms with E-state index in [0.29, 0.717) is 0 Å². The Labute approximate surface area is 162 Å². The molecule has 26 heavy (non-hydrogen) atoms. The third-order valence-electron chi connectivity index (χ3n) is 9.55. The smallest absolute Gasteiger partial charge is 0.0679 e. The highest BCUT2D eigenvalue weighted by Crippen LogP contribution is 2.63. The molecule has 0 aromatic carbocycles. The average Bonchev–Trinajstić information content (AvgIpc) is 3.33. The summed E-state index contributed by atoms with van der Waals surface area (Å²) in [5.74, 6) is 0. The van der Waals surface area contributed by atoms with Crippen LogP contribution in [-0.4, -0.2) is 8.07 Å². The zero-order valence-corrected chi connectivity index (χ0v) is 18.3. The summed E-state index contributed by atoms with van der Waals surface area (Å²) in [5.41, 5.74) is 11.4. The van der Waals surface area contributed by atoms with E-state index in [4.69, 9.17) is 0 Å². The van der Waals surface area contributed by atoms with Gasteiger partial charge >= 0.3 is 0 Å². The summed E-state index contributed by atoms with van der Waals surface area (Å²) in [6.07, 6.45) is 25.9. The van der Waals surface area contributed by atoms with E-state index in [1.165, 1.54) is 70.6 Å². The SMILES string of the molecule is C[Si](C1CCCCC1)([C@H]1CCC2=C1CCCC2)[C@H]1CCC2=C1CCCC2. The molecule has 0 N–H and O–H groups in total. The molecule has 0 aromatic rings. The third-order valence-corrected chi connectivity index (χ3v) is 16.2. The second kappa shape index (κ2) is 7.26. The molecule has 0 saturated heterocycles. The van der Waals surface area contributed by atoms with Gasteiger partial charge in [0.2, 0.25) is 0 Å². The van der Waals surface area contributed by atoms with Gasteiger partial charge in [-0.1, -0.05) is 60.9 Å². The van der Waals surface area contributed by atoms with Crippen molar-refractivity contribution >= 4 is 8.07 Å². The summed E-state index contributed by atoms with van der Waals surface area (Å²) in [6.45, 7) is 2.95. The zero-order chi connectivity index (χ0) is 17.6. The van der Waals surface area contributed by atoms with Crippen molar-refractivity contribution in [3.63, 3.8) is 0 Å². The van der Waals surface area contributed by atoms with Crippen molar-refractivity contribution in [2.45, 2.75) is 132 Å². The molecule has 0 heterocycles. The van der Waals surface area contributed by atoms with E-state index in [1.54, 1.807) is 38.5 Å². The van der Waals surface area contributed by atoms with Crippen LogP contribution in [0.15, 0.2) is 22.3 Å². The van der Waals surface area contributed by atoms with Crippen molar-refractivity contribution in [1.82, 2.24) is 0 Å². The lowest BCUT2D eigenvalue weighted by molar-refractivity contribution is 0.479. The standard InChI is InChI=1S/C25H40Si/c1-26(21-11-3-2-4-12-21,24-17-15-19-9-5-7-13-22(19)24)25-18-16-20-10-6-8-14-23(20)25/h21,24-25H,2-18H2,1H3/t24-,25-/m0/s1. The van der Waals surface area contributed by atoms with Crippen molar-refractivity contribution in [1.29, 1.82) is 0 Å². The fourth-order valence-electron chi connectivity index (χ4n) is 8.29. The Morgan fingerprint density at radius 1 is 0.538 bits per heavy atom. The molecule has 0 bridgehead atoms. The molecule has 0 amide bonds. The Kier molecular flexibility index (Phi) is 4.96. The van der Waals surface area contributed by atoms with E-state index < -0.39 is 8.07 Å². The Hall–Kier alpha value is -0.303. The van der Waals surface area contributed by atoms with Crippen molar-refractivity contribution in [2.24, 2.45) is 0 Å². The predicted molar refractivity (Wildman–Crippen MR) is 115 cm³/mol. The van der Waals surface area contributed by atoms with Crippen LogP contribution in [0.25, 0.3) is 0 Å². The number of allylic oxidation sites excluding steroid dienone is 4. The van der Waals surface area contributed by atoms with Gasteiger partial charge in [0, 0.05) is 0 Å². The molecule has 0 aliphatic heterocycles. The first-order chi connectivity index (χ1) is 12.8. The maximum Gasteiger partial charge on any atom is 0.0679 e. The van der Waals surface area contributed by atoms with Crippen molar-refractivity contribution in [3.8, 4) is 0 Å². The van der Waals surface area contributed by atoms with Crippen LogP contribution in [0.2, 0.25) is 23.2 Å². The minimum atomic E-state index is -1.31. The maximum atomic E-state index is 2.95. The molecule has 0 unspecified atom stereocenters. The van der Waals surface area contributed by atoms with E-state index in [0.717, 1.165) is 16.6 Å². The van der Waals surface area contributed by atoms with Crippen LogP contribution in [0.5, 0.6) is 0 Å². The molecule has 0 aromatic heterocycles. The highest BCUT2D eigenvalue weighted by molar-refractivity contribution is 6.84. The van der Waals surface area contributed by atoms with Gasteiger partial charge in [-0.2, -0.15) is 0 Å². The van der Waals surface area contributed by atoms with E-state index in [1.807, 2.05) is 11.1 Å². The van der Waals surface area contributed by atoms with Crippen LogP contribution in [0, 0.1) is 0 Å². The summed E-state index contributed by atoms with van der Waals surface area (Å²) in [7, 11) is -1.31. The molecule has 5 rings (SSSR count). The van der Waals surface area contributed by atoms with Gasteiger partial charge in [-0.3, -0.25) is 0 Å². The molecule has 5 aliphatic carbocycles. The molecule has 1 saturated carbocycles. The van der Waals surface area contributed by atoms with Crippen LogP contribution >= 0.6 is 0 Å². The summed E-state index contributed by atoms with van der Waals surface area (Å²) >= 11 is 0. The van der Waals surface area contributed by atoms with Gasteiger partial charge in [-0.25, -0.2) is 0 Å². The lowest BCUT2D eigenvalue weighted by atomic mass is 9.94.